The van der Waals surface area contributed by atoms with Crippen LogP contribution in [0.5, 0.6) is 0 Å². The number of furan rings is 1. The Morgan fingerprint density at radius 3 is 1.98 bits per heavy atom. The third-order valence-corrected chi connectivity index (χ3v) is 10.2. The van der Waals surface area contributed by atoms with Gasteiger partial charge in [-0.25, -0.2) is 4.98 Å². The first-order chi connectivity index (χ1) is 25.8. The number of hydrogen-bond acceptors (Lipinski definition) is 4. The Bertz CT molecular complexity index is 3190. The second kappa shape index (κ2) is 11.2. The van der Waals surface area contributed by atoms with E-state index in [2.05, 4.69) is 156 Å². The zero-order chi connectivity index (χ0) is 34.2. The molecule has 8 aromatic carbocycles. The van der Waals surface area contributed by atoms with Gasteiger partial charge in [0.1, 0.15) is 11.2 Å². The molecule has 0 aliphatic rings. The van der Waals surface area contributed by atoms with Crippen molar-refractivity contribution in [3.63, 3.8) is 0 Å². The lowest BCUT2D eigenvalue weighted by Crippen LogP contribution is -2.06. The molecule has 0 radical (unpaired) electrons. The highest BCUT2D eigenvalue weighted by Crippen LogP contribution is 2.40. The Kier molecular flexibility index (Phi) is 6.18. The number of para-hydroxylation sites is 1. The van der Waals surface area contributed by atoms with Gasteiger partial charge in [0.2, 0.25) is 5.95 Å². The van der Waals surface area contributed by atoms with Crippen LogP contribution in [0.15, 0.2) is 174 Å². The number of fused-ring (bicyclic) bond motifs is 9. The predicted octanol–water partition coefficient (Wildman–Crippen LogP) is 12.2. The van der Waals surface area contributed by atoms with E-state index in [0.717, 1.165) is 87.5 Å². The Balaban J connectivity index is 1.24. The van der Waals surface area contributed by atoms with Crippen LogP contribution in [0.2, 0.25) is 0 Å². The van der Waals surface area contributed by atoms with Crippen LogP contribution < -0.4 is 0 Å². The van der Waals surface area contributed by atoms with Crippen molar-refractivity contribution in [3.8, 4) is 39.9 Å². The van der Waals surface area contributed by atoms with E-state index in [-0.39, 0.29) is 0 Å². The molecule has 0 fully saturated rings. The summed E-state index contributed by atoms with van der Waals surface area (Å²) in [4.78, 5) is 15.9. The van der Waals surface area contributed by atoms with E-state index >= 15 is 0 Å². The lowest BCUT2D eigenvalue weighted by atomic mass is 10.0. The van der Waals surface area contributed by atoms with E-state index in [0.29, 0.717) is 17.6 Å². The molecule has 5 heteroatoms. The van der Waals surface area contributed by atoms with Gasteiger partial charge in [-0.2, -0.15) is 9.97 Å². The smallest absolute Gasteiger partial charge is 0.238 e. The van der Waals surface area contributed by atoms with Gasteiger partial charge in [0, 0.05) is 38.1 Å². The van der Waals surface area contributed by atoms with E-state index in [1.54, 1.807) is 0 Å². The summed E-state index contributed by atoms with van der Waals surface area (Å²) in [5.74, 6) is 1.74. The molecule has 11 rings (SSSR count). The van der Waals surface area contributed by atoms with Gasteiger partial charge in [-0.05, 0) is 57.6 Å². The van der Waals surface area contributed by atoms with Crippen LogP contribution in [0, 0.1) is 0 Å². The van der Waals surface area contributed by atoms with E-state index in [9.17, 15) is 0 Å². The van der Waals surface area contributed by atoms with E-state index in [1.165, 1.54) is 0 Å². The largest absolute Gasteiger partial charge is 0.456 e. The first kappa shape index (κ1) is 28.7. The van der Waals surface area contributed by atoms with E-state index < -0.39 is 0 Å². The van der Waals surface area contributed by atoms with E-state index in [1.807, 2.05) is 18.2 Å². The summed E-state index contributed by atoms with van der Waals surface area (Å²) in [6.45, 7) is 0. The molecule has 242 valence electrons. The van der Waals surface area contributed by atoms with Crippen LogP contribution in [-0.4, -0.2) is 19.5 Å². The molecule has 0 saturated carbocycles. The Morgan fingerprint density at radius 1 is 0.404 bits per heavy atom. The van der Waals surface area contributed by atoms with Gasteiger partial charge in [-0.15, -0.1) is 0 Å². The molecule has 0 unspecified atom stereocenters. The molecule has 5 nitrogen and oxygen atoms in total. The summed E-state index contributed by atoms with van der Waals surface area (Å²) in [5, 5.41) is 8.90. The highest BCUT2D eigenvalue weighted by atomic mass is 16.3. The number of hydrogen-bond donors (Lipinski definition) is 0. The first-order valence-corrected chi connectivity index (χ1v) is 17.4. The van der Waals surface area contributed by atoms with Crippen molar-refractivity contribution in [2.75, 3.05) is 0 Å². The van der Waals surface area contributed by atoms with Crippen molar-refractivity contribution < 1.29 is 4.42 Å². The van der Waals surface area contributed by atoms with Gasteiger partial charge in [-0.1, -0.05) is 140 Å². The third kappa shape index (κ3) is 4.39. The second-order valence-electron chi connectivity index (χ2n) is 13.2. The average Bonchev–Trinajstić information content (AvgIpc) is 3.76. The highest BCUT2D eigenvalue weighted by Gasteiger charge is 2.22. The summed E-state index contributed by atoms with van der Waals surface area (Å²) < 4.78 is 8.70. The molecule has 0 atom stereocenters. The fourth-order valence-corrected chi connectivity index (χ4v) is 7.82. The molecule has 11 aromatic rings. The van der Waals surface area contributed by atoms with Crippen molar-refractivity contribution in [1.82, 2.24) is 19.5 Å². The van der Waals surface area contributed by atoms with Crippen LogP contribution in [0.25, 0.3) is 105 Å². The fraction of sp³-hybridized carbons (Fsp3) is 0. The summed E-state index contributed by atoms with van der Waals surface area (Å²) >= 11 is 0. The maximum absolute atomic E-state index is 6.49. The SMILES string of the molecule is c1ccc(-c2cccc(-c3nc(-c4cccc5oc6cc7ccccc7cc6c45)nc(-n4c5ccccc5c5ccc6ccccc6c54)n3)c2)cc1. The summed E-state index contributed by atoms with van der Waals surface area (Å²) in [6.07, 6.45) is 0. The maximum atomic E-state index is 6.49. The van der Waals surface area contributed by atoms with Gasteiger partial charge in [0.15, 0.2) is 11.6 Å². The predicted molar refractivity (Wildman–Crippen MR) is 213 cm³/mol. The number of benzene rings is 8. The molecule has 52 heavy (non-hydrogen) atoms. The topological polar surface area (TPSA) is 56.7 Å². The summed E-state index contributed by atoms with van der Waals surface area (Å²) in [7, 11) is 0. The van der Waals surface area contributed by atoms with E-state index in [4.69, 9.17) is 19.4 Å². The minimum Gasteiger partial charge on any atom is -0.456 e. The Morgan fingerprint density at radius 2 is 1.10 bits per heavy atom. The van der Waals surface area contributed by atoms with Crippen molar-refractivity contribution in [1.29, 1.82) is 0 Å². The third-order valence-electron chi connectivity index (χ3n) is 10.2. The molecule has 0 N–H and O–H groups in total. The van der Waals surface area contributed by atoms with Crippen LogP contribution in [-0.2, 0) is 0 Å². The minimum absolute atomic E-state index is 0.558. The quantitative estimate of drug-likeness (QED) is 0.188. The molecule has 0 aliphatic carbocycles. The van der Waals surface area contributed by atoms with Crippen LogP contribution >= 0.6 is 0 Å². The zero-order valence-electron chi connectivity index (χ0n) is 27.9. The molecular weight excluding hydrogens is 637 g/mol. The molecule has 3 heterocycles. The number of aromatic nitrogens is 4. The minimum atomic E-state index is 0.558. The summed E-state index contributed by atoms with van der Waals surface area (Å²) in [6, 6.07) is 59.1. The molecule has 3 aromatic heterocycles. The number of nitrogens with zero attached hydrogens (tertiary/aromatic N) is 4. The monoisotopic (exact) mass is 664 g/mol. The highest BCUT2D eigenvalue weighted by molar-refractivity contribution is 6.19. The zero-order valence-corrected chi connectivity index (χ0v) is 27.9. The van der Waals surface area contributed by atoms with Gasteiger partial charge < -0.3 is 4.42 Å². The first-order valence-electron chi connectivity index (χ1n) is 17.4. The number of rotatable bonds is 4. The molecule has 0 aliphatic heterocycles. The van der Waals surface area contributed by atoms with Crippen LogP contribution in [0.3, 0.4) is 0 Å². The van der Waals surface area contributed by atoms with Gasteiger partial charge in [0.25, 0.3) is 0 Å². The van der Waals surface area contributed by atoms with Crippen molar-refractivity contribution in [2.45, 2.75) is 0 Å². The maximum Gasteiger partial charge on any atom is 0.238 e. The van der Waals surface area contributed by atoms with Gasteiger partial charge in [-0.3, -0.25) is 4.57 Å². The standard InChI is InChI=1S/C47H28N4O/c1-2-12-29(13-3-1)31-17-10-18-34(26-31)45-48-46(38-21-11-23-41-43(38)39-27-32-15-4-5-16-33(32)28-42(39)52-41)50-47(49-45)51-40-22-9-8-20-36(40)37-25-24-30-14-6-7-19-35(30)44(37)51/h1-28H. The molecule has 0 spiro atoms. The van der Waals surface area contributed by atoms with Gasteiger partial charge >= 0.3 is 0 Å². The van der Waals surface area contributed by atoms with Crippen LogP contribution in [0.4, 0.5) is 0 Å². The normalized spacial score (nSPS) is 11.8. The molecular formula is C47H28N4O. The molecule has 0 amide bonds. The van der Waals surface area contributed by atoms with Crippen molar-refractivity contribution in [3.05, 3.63) is 170 Å². The van der Waals surface area contributed by atoms with Crippen molar-refractivity contribution >= 4 is 65.3 Å². The van der Waals surface area contributed by atoms with Crippen LogP contribution in [0.1, 0.15) is 0 Å². The lowest BCUT2D eigenvalue weighted by molar-refractivity contribution is 0.669. The second-order valence-corrected chi connectivity index (χ2v) is 13.2. The van der Waals surface area contributed by atoms with Crippen molar-refractivity contribution in [2.24, 2.45) is 0 Å². The average molecular weight is 665 g/mol. The Hall–Kier alpha value is -7.11. The lowest BCUT2D eigenvalue weighted by Gasteiger charge is -2.13. The molecule has 0 saturated heterocycles. The molecule has 0 bridgehead atoms. The summed E-state index contributed by atoms with van der Waals surface area (Å²) in [5.41, 5.74) is 7.76. The fourth-order valence-electron chi connectivity index (χ4n) is 7.82. The Labute approximate surface area is 298 Å². The van der Waals surface area contributed by atoms with Gasteiger partial charge in [0.05, 0.1) is 11.0 Å².